The van der Waals surface area contributed by atoms with Crippen molar-refractivity contribution >= 4 is 44.2 Å². The summed E-state index contributed by atoms with van der Waals surface area (Å²) in [6.45, 7) is 7.83. The van der Waals surface area contributed by atoms with E-state index < -0.39 is 0 Å². The van der Waals surface area contributed by atoms with Gasteiger partial charge in [-0.15, -0.1) is 0 Å². The zero-order valence-corrected chi connectivity index (χ0v) is 14.7. The molecule has 18 heavy (non-hydrogen) atoms. The van der Waals surface area contributed by atoms with Gasteiger partial charge in [-0.3, -0.25) is 0 Å². The van der Waals surface area contributed by atoms with Gasteiger partial charge in [0.05, 0.1) is 0 Å². The van der Waals surface area contributed by atoms with Crippen LogP contribution in [0.5, 0.6) is 0 Å². The van der Waals surface area contributed by atoms with Gasteiger partial charge in [-0.1, -0.05) is 13.8 Å². The van der Waals surface area contributed by atoms with Gasteiger partial charge in [0.2, 0.25) is 0 Å². The van der Waals surface area contributed by atoms with Gasteiger partial charge in [0.15, 0.2) is 0 Å². The Morgan fingerprint density at radius 2 is 2.11 bits per heavy atom. The number of hydrogen-bond acceptors (Lipinski definition) is 2. The Bertz CT molecular complexity index is 418. The third kappa shape index (κ3) is 3.02. The van der Waals surface area contributed by atoms with E-state index >= 15 is 0 Å². The molecule has 2 rings (SSSR count). The van der Waals surface area contributed by atoms with Gasteiger partial charge in [0.1, 0.15) is 0 Å². The lowest BCUT2D eigenvalue weighted by Crippen LogP contribution is -2.60. The van der Waals surface area contributed by atoms with Gasteiger partial charge < -0.3 is 10.2 Å². The molecule has 0 radical (unpaired) electrons. The fraction of sp³-hybridized carbons (Fsp3) is 0.571. The van der Waals surface area contributed by atoms with E-state index in [4.69, 9.17) is 0 Å². The summed E-state index contributed by atoms with van der Waals surface area (Å²) in [7, 11) is 0. The summed E-state index contributed by atoms with van der Waals surface area (Å²) in [5.41, 5.74) is 1.61. The molecule has 100 valence electrons. The van der Waals surface area contributed by atoms with Gasteiger partial charge in [-0.2, -0.15) is 0 Å². The topological polar surface area (TPSA) is 15.3 Å². The average Bonchev–Trinajstić information content (AvgIpc) is 2.42. The predicted molar refractivity (Wildman–Crippen MR) is 90.4 cm³/mol. The summed E-state index contributed by atoms with van der Waals surface area (Å²) in [6, 6.07) is 6.65. The van der Waals surface area contributed by atoms with E-state index in [2.05, 4.69) is 80.8 Å². The lowest BCUT2D eigenvalue weighted by Gasteiger charge is -2.44. The summed E-state index contributed by atoms with van der Waals surface area (Å²) < 4.78 is 2.46. The van der Waals surface area contributed by atoms with Crippen LogP contribution in [0.3, 0.4) is 0 Å². The molecular formula is C14H20BrIN2. The molecule has 0 unspecified atom stereocenters. The van der Waals surface area contributed by atoms with E-state index in [1.807, 2.05) is 0 Å². The fourth-order valence-electron chi connectivity index (χ4n) is 2.58. The van der Waals surface area contributed by atoms with Crippen LogP contribution in [0.25, 0.3) is 0 Å². The molecule has 1 saturated heterocycles. The molecule has 0 amide bonds. The van der Waals surface area contributed by atoms with Gasteiger partial charge >= 0.3 is 0 Å². The number of anilines is 1. The third-order valence-electron chi connectivity index (χ3n) is 4.00. The molecule has 0 aliphatic carbocycles. The Morgan fingerprint density at radius 3 is 2.72 bits per heavy atom. The molecule has 1 aromatic rings. The molecule has 1 fully saturated rings. The highest BCUT2D eigenvalue weighted by molar-refractivity contribution is 14.1. The minimum absolute atomic E-state index is 0.285. The van der Waals surface area contributed by atoms with E-state index in [1.54, 1.807) is 0 Å². The highest BCUT2D eigenvalue weighted by Gasteiger charge is 2.31. The highest BCUT2D eigenvalue weighted by atomic mass is 127. The fourth-order valence-corrected chi connectivity index (χ4v) is 3.28. The monoisotopic (exact) mass is 422 g/mol. The number of hydrogen-bond donors (Lipinski definition) is 1. The molecule has 0 saturated carbocycles. The Labute approximate surface area is 132 Å². The van der Waals surface area contributed by atoms with Crippen LogP contribution in [0.1, 0.15) is 26.7 Å². The zero-order valence-electron chi connectivity index (χ0n) is 11.0. The zero-order chi connectivity index (χ0) is 13.2. The van der Waals surface area contributed by atoms with Crippen molar-refractivity contribution in [2.24, 2.45) is 0 Å². The van der Waals surface area contributed by atoms with Crippen LogP contribution in [-0.2, 0) is 0 Å². The maximum absolute atomic E-state index is 3.70. The van der Waals surface area contributed by atoms with Gasteiger partial charge in [-0.25, -0.2) is 0 Å². The van der Waals surface area contributed by atoms with E-state index in [0.29, 0.717) is 0 Å². The smallest absolute Gasteiger partial charge is 0.0379 e. The molecule has 1 heterocycles. The van der Waals surface area contributed by atoms with Crippen LogP contribution >= 0.6 is 38.5 Å². The highest BCUT2D eigenvalue weighted by Crippen LogP contribution is 2.28. The number of halogens is 2. The van der Waals surface area contributed by atoms with Crippen molar-refractivity contribution in [3.8, 4) is 0 Å². The Kier molecular flexibility index (Phi) is 4.94. The second-order valence-electron chi connectivity index (χ2n) is 4.93. The molecular weight excluding hydrogens is 403 g/mol. The quantitative estimate of drug-likeness (QED) is 0.740. The van der Waals surface area contributed by atoms with Crippen LogP contribution in [0.15, 0.2) is 22.7 Å². The summed E-state index contributed by atoms with van der Waals surface area (Å²) in [4.78, 5) is 2.50. The number of nitrogens with one attached hydrogen (secondary N) is 1. The SMILES string of the molecule is CCC1(CC)CN(c2ccc(I)c(Br)c2)CCN1. The van der Waals surface area contributed by atoms with E-state index in [1.165, 1.54) is 26.6 Å². The summed E-state index contributed by atoms with van der Waals surface area (Å²) in [5.74, 6) is 0. The van der Waals surface area contributed by atoms with Crippen molar-refractivity contribution < 1.29 is 0 Å². The van der Waals surface area contributed by atoms with Crippen molar-refractivity contribution in [3.05, 3.63) is 26.2 Å². The van der Waals surface area contributed by atoms with Crippen LogP contribution in [0, 0.1) is 3.57 Å². The number of benzene rings is 1. The van der Waals surface area contributed by atoms with Crippen molar-refractivity contribution in [3.63, 3.8) is 0 Å². The molecule has 0 bridgehead atoms. The number of nitrogens with zero attached hydrogens (tertiary/aromatic N) is 1. The van der Waals surface area contributed by atoms with Crippen molar-refractivity contribution in [1.82, 2.24) is 5.32 Å². The van der Waals surface area contributed by atoms with Gasteiger partial charge in [0, 0.05) is 38.9 Å². The number of piperazine rings is 1. The van der Waals surface area contributed by atoms with E-state index in [-0.39, 0.29) is 5.54 Å². The maximum Gasteiger partial charge on any atom is 0.0379 e. The summed E-state index contributed by atoms with van der Waals surface area (Å²) in [6.07, 6.45) is 2.37. The van der Waals surface area contributed by atoms with Crippen molar-refractivity contribution in [2.75, 3.05) is 24.5 Å². The first-order chi connectivity index (χ1) is 8.60. The predicted octanol–water partition coefficient (Wildman–Crippen LogP) is 4.02. The van der Waals surface area contributed by atoms with Crippen LogP contribution in [0.4, 0.5) is 5.69 Å². The molecule has 0 spiro atoms. The molecule has 1 aliphatic heterocycles. The molecule has 1 aliphatic rings. The average molecular weight is 423 g/mol. The first kappa shape index (κ1) is 14.6. The van der Waals surface area contributed by atoms with Gasteiger partial charge in [0.25, 0.3) is 0 Å². The molecule has 1 aromatic carbocycles. The van der Waals surface area contributed by atoms with E-state index in [9.17, 15) is 0 Å². The summed E-state index contributed by atoms with van der Waals surface area (Å²) in [5, 5.41) is 3.70. The van der Waals surface area contributed by atoms with Gasteiger partial charge in [-0.05, 0) is 69.6 Å². The minimum atomic E-state index is 0.285. The molecule has 1 N–H and O–H groups in total. The lowest BCUT2D eigenvalue weighted by molar-refractivity contribution is 0.277. The van der Waals surface area contributed by atoms with E-state index in [0.717, 1.165) is 19.6 Å². The molecule has 0 aromatic heterocycles. The Morgan fingerprint density at radius 1 is 1.39 bits per heavy atom. The van der Waals surface area contributed by atoms with Crippen LogP contribution in [-0.4, -0.2) is 25.2 Å². The number of rotatable bonds is 3. The van der Waals surface area contributed by atoms with Crippen molar-refractivity contribution in [1.29, 1.82) is 0 Å². The molecule has 0 atom stereocenters. The molecule has 2 nitrogen and oxygen atoms in total. The normalized spacial score (nSPS) is 19.0. The largest absolute Gasteiger partial charge is 0.368 e. The van der Waals surface area contributed by atoms with Crippen LogP contribution < -0.4 is 10.2 Å². The second-order valence-corrected chi connectivity index (χ2v) is 6.95. The lowest BCUT2D eigenvalue weighted by atomic mass is 9.90. The first-order valence-corrected chi connectivity index (χ1v) is 8.42. The van der Waals surface area contributed by atoms with Crippen LogP contribution in [0.2, 0.25) is 0 Å². The molecule has 4 heteroatoms. The van der Waals surface area contributed by atoms with Crippen molar-refractivity contribution in [2.45, 2.75) is 32.2 Å². The maximum atomic E-state index is 3.70. The third-order valence-corrected chi connectivity index (χ3v) is 6.34. The minimum Gasteiger partial charge on any atom is -0.368 e. The Hall–Kier alpha value is 0.190. The Balaban J connectivity index is 2.20. The first-order valence-electron chi connectivity index (χ1n) is 6.55. The summed E-state index contributed by atoms with van der Waals surface area (Å²) >= 11 is 5.98. The second kappa shape index (κ2) is 6.09. The standard InChI is InChI=1S/C14H20BrIN2/c1-3-14(4-2)10-18(8-7-17-14)11-5-6-13(16)12(15)9-11/h5-6,9,17H,3-4,7-8,10H2,1-2H3.